The summed E-state index contributed by atoms with van der Waals surface area (Å²) in [4.78, 5) is 27.7. The van der Waals surface area contributed by atoms with E-state index in [1.807, 2.05) is 13.0 Å². The third kappa shape index (κ3) is 6.67. The van der Waals surface area contributed by atoms with Crippen molar-refractivity contribution in [2.45, 2.75) is 44.5 Å². The van der Waals surface area contributed by atoms with Crippen LogP contribution < -0.4 is 29.7 Å². The fourth-order valence-corrected chi connectivity index (χ4v) is 5.13. The van der Waals surface area contributed by atoms with Crippen molar-refractivity contribution in [3.05, 3.63) is 54.0 Å². The number of amides is 1. The van der Waals surface area contributed by atoms with Gasteiger partial charge >= 0.3 is 6.18 Å². The van der Waals surface area contributed by atoms with Crippen molar-refractivity contribution in [2.75, 3.05) is 44.8 Å². The summed E-state index contributed by atoms with van der Waals surface area (Å²) in [5, 5.41) is 6.25. The molecule has 5 heterocycles. The van der Waals surface area contributed by atoms with Crippen LogP contribution in [0.2, 0.25) is 0 Å². The minimum atomic E-state index is -4.63. The molecule has 1 atom stereocenters. The van der Waals surface area contributed by atoms with E-state index >= 15 is 0 Å². The number of nitrogens with zero attached hydrogens (tertiary/aromatic N) is 4. The lowest BCUT2D eigenvalue weighted by Crippen LogP contribution is -2.40. The monoisotopic (exact) mass is 586 g/mol. The first-order valence-corrected chi connectivity index (χ1v) is 13.9. The van der Waals surface area contributed by atoms with Gasteiger partial charge in [-0.15, -0.1) is 0 Å². The molecule has 0 saturated carbocycles. The average Bonchev–Trinajstić information content (AvgIpc) is 3.50. The highest BCUT2D eigenvalue weighted by molar-refractivity contribution is 5.96. The lowest BCUT2D eigenvalue weighted by molar-refractivity contribution is -0.140. The van der Waals surface area contributed by atoms with Gasteiger partial charge in [-0.05, 0) is 50.2 Å². The lowest BCUT2D eigenvalue weighted by atomic mass is 10.1. The maximum Gasteiger partial charge on any atom is 0.435 e. The fourth-order valence-electron chi connectivity index (χ4n) is 5.13. The maximum absolute atomic E-state index is 13.7. The van der Waals surface area contributed by atoms with Crippen molar-refractivity contribution in [3.8, 4) is 28.8 Å². The first-order chi connectivity index (χ1) is 20.3. The number of pyridine rings is 3. The molecule has 3 aromatic heterocycles. The number of carbonyl (C=O) groups is 1. The van der Waals surface area contributed by atoms with Crippen molar-refractivity contribution in [2.24, 2.45) is 0 Å². The van der Waals surface area contributed by atoms with Gasteiger partial charge in [-0.2, -0.15) is 13.2 Å². The first-order valence-electron chi connectivity index (χ1n) is 13.9. The molecule has 3 aromatic rings. The summed E-state index contributed by atoms with van der Waals surface area (Å²) in [6, 6.07) is 9.81. The molecule has 10 nitrogen and oxygen atoms in total. The van der Waals surface area contributed by atoms with E-state index in [1.165, 1.54) is 19.2 Å². The van der Waals surface area contributed by atoms with Crippen LogP contribution in [0.1, 0.15) is 42.4 Å². The van der Waals surface area contributed by atoms with Gasteiger partial charge in [-0.25, -0.2) is 15.0 Å². The second kappa shape index (κ2) is 12.8. The van der Waals surface area contributed by atoms with Gasteiger partial charge < -0.3 is 29.7 Å². The molecule has 0 bridgehead atoms. The lowest BCUT2D eigenvalue weighted by Gasteiger charge is -2.35. The van der Waals surface area contributed by atoms with Crippen LogP contribution in [0.3, 0.4) is 0 Å². The smallest absolute Gasteiger partial charge is 0.435 e. The van der Waals surface area contributed by atoms with Gasteiger partial charge in [0, 0.05) is 50.8 Å². The van der Waals surface area contributed by atoms with E-state index in [2.05, 4.69) is 25.6 Å². The molecule has 2 fully saturated rings. The highest BCUT2D eigenvalue weighted by atomic mass is 19.4. The highest BCUT2D eigenvalue weighted by Crippen LogP contribution is 2.38. The fraction of sp³-hybridized carbons (Fsp3) is 0.448. The van der Waals surface area contributed by atoms with E-state index in [9.17, 15) is 18.0 Å². The number of methoxy groups -OCH3 is 1. The quantitative estimate of drug-likeness (QED) is 0.383. The molecule has 5 rings (SSSR count). The molecular formula is C29H33F3N6O4. The van der Waals surface area contributed by atoms with Crippen molar-refractivity contribution < 1.29 is 32.2 Å². The van der Waals surface area contributed by atoms with Gasteiger partial charge in [0.2, 0.25) is 11.8 Å². The summed E-state index contributed by atoms with van der Waals surface area (Å²) in [5.74, 6) is 0.258. The standard InChI is InChI=1S/C29H33F3N6O4/c1-3-41-28-20(5-4-13-34-28)21-6-8-23(25(36-21)27(39)35-18-10-14-33-17-18)42-19-11-15-38(16-12-19)22-7-9-24(40-2)37-26(22)29(30,31)32/h4-9,13,18-19,33H,3,10-12,14-17H2,1-2H3,(H,35,39)/t18-/m1/s1. The Morgan fingerprint density at radius 3 is 2.62 bits per heavy atom. The molecule has 0 aliphatic carbocycles. The third-order valence-corrected chi connectivity index (χ3v) is 7.20. The Hall–Kier alpha value is -4.13. The average molecular weight is 587 g/mol. The number of halogens is 3. The van der Waals surface area contributed by atoms with E-state index in [-0.39, 0.29) is 35.3 Å². The molecular weight excluding hydrogens is 553 g/mol. The zero-order chi connectivity index (χ0) is 29.7. The van der Waals surface area contributed by atoms with Crippen LogP contribution >= 0.6 is 0 Å². The Balaban J connectivity index is 1.36. The molecule has 224 valence electrons. The van der Waals surface area contributed by atoms with Gasteiger partial charge in [-0.3, -0.25) is 4.79 Å². The molecule has 0 spiro atoms. The van der Waals surface area contributed by atoms with Crippen molar-refractivity contribution in [1.29, 1.82) is 0 Å². The van der Waals surface area contributed by atoms with Gasteiger partial charge in [0.25, 0.3) is 5.91 Å². The minimum absolute atomic E-state index is 0.000387. The summed E-state index contributed by atoms with van der Waals surface area (Å²) in [7, 11) is 1.28. The molecule has 0 aromatic carbocycles. The van der Waals surface area contributed by atoms with Crippen molar-refractivity contribution in [1.82, 2.24) is 25.6 Å². The molecule has 2 aliphatic heterocycles. The number of piperidine rings is 1. The molecule has 2 N–H and O–H groups in total. The number of hydrogen-bond donors (Lipinski definition) is 2. The van der Waals surface area contributed by atoms with Gasteiger partial charge in [0.05, 0.1) is 30.7 Å². The van der Waals surface area contributed by atoms with E-state index in [1.54, 1.807) is 29.3 Å². The molecule has 2 aliphatic rings. The molecule has 0 unspecified atom stereocenters. The Bertz CT molecular complexity index is 1390. The van der Waals surface area contributed by atoms with Crippen LogP contribution in [0, 0.1) is 0 Å². The van der Waals surface area contributed by atoms with Crippen LogP contribution in [0.5, 0.6) is 17.5 Å². The normalized spacial score (nSPS) is 17.6. The maximum atomic E-state index is 13.7. The van der Waals surface area contributed by atoms with Crippen LogP contribution in [0.15, 0.2) is 42.6 Å². The minimum Gasteiger partial charge on any atom is -0.488 e. The van der Waals surface area contributed by atoms with Gasteiger partial charge in [-0.1, -0.05) is 0 Å². The summed E-state index contributed by atoms with van der Waals surface area (Å²) in [5.41, 5.74) is 0.300. The number of anilines is 1. The molecule has 2 saturated heterocycles. The SMILES string of the molecule is CCOc1ncccc1-c1ccc(OC2CCN(c3ccc(OC)nc3C(F)(F)F)CC2)c(C(=O)N[C@@H]2CCNC2)n1. The predicted octanol–water partition coefficient (Wildman–Crippen LogP) is 4.10. The Labute approximate surface area is 241 Å². The number of rotatable bonds is 9. The van der Waals surface area contributed by atoms with E-state index in [0.29, 0.717) is 62.0 Å². The van der Waals surface area contributed by atoms with Crippen LogP contribution in [0.25, 0.3) is 11.3 Å². The molecule has 1 amide bonds. The summed E-state index contributed by atoms with van der Waals surface area (Å²) in [6.07, 6.45) is -1.65. The van der Waals surface area contributed by atoms with Crippen LogP contribution in [-0.4, -0.2) is 72.9 Å². The third-order valence-electron chi connectivity index (χ3n) is 7.20. The Morgan fingerprint density at radius 1 is 1.12 bits per heavy atom. The Kier molecular flexibility index (Phi) is 8.95. The van der Waals surface area contributed by atoms with E-state index in [0.717, 1.165) is 13.0 Å². The molecule has 13 heteroatoms. The zero-order valence-electron chi connectivity index (χ0n) is 23.4. The second-order valence-corrected chi connectivity index (χ2v) is 10.0. The van der Waals surface area contributed by atoms with Crippen LogP contribution in [-0.2, 0) is 6.18 Å². The summed E-state index contributed by atoms with van der Waals surface area (Å²) in [6.45, 7) is 4.39. The summed E-state index contributed by atoms with van der Waals surface area (Å²) >= 11 is 0. The second-order valence-electron chi connectivity index (χ2n) is 10.0. The first kappa shape index (κ1) is 29.4. The van der Waals surface area contributed by atoms with Crippen LogP contribution in [0.4, 0.5) is 18.9 Å². The number of hydrogen-bond acceptors (Lipinski definition) is 9. The van der Waals surface area contributed by atoms with E-state index in [4.69, 9.17) is 14.2 Å². The number of alkyl halides is 3. The predicted molar refractivity (Wildman–Crippen MR) is 149 cm³/mol. The number of nitrogens with one attached hydrogen (secondary N) is 2. The number of aromatic nitrogens is 3. The molecule has 42 heavy (non-hydrogen) atoms. The largest absolute Gasteiger partial charge is 0.488 e. The zero-order valence-corrected chi connectivity index (χ0v) is 23.4. The van der Waals surface area contributed by atoms with E-state index < -0.39 is 11.9 Å². The number of carbonyl (C=O) groups excluding carboxylic acids is 1. The van der Waals surface area contributed by atoms with Crippen molar-refractivity contribution >= 4 is 11.6 Å². The number of ether oxygens (including phenoxy) is 3. The van der Waals surface area contributed by atoms with Crippen molar-refractivity contribution in [3.63, 3.8) is 0 Å². The van der Waals surface area contributed by atoms with Gasteiger partial charge in [0.1, 0.15) is 6.10 Å². The molecule has 0 radical (unpaired) electrons. The highest BCUT2D eigenvalue weighted by Gasteiger charge is 2.38. The Morgan fingerprint density at radius 2 is 1.93 bits per heavy atom. The van der Waals surface area contributed by atoms with Gasteiger partial charge in [0.15, 0.2) is 17.1 Å². The topological polar surface area (TPSA) is 111 Å². The summed E-state index contributed by atoms with van der Waals surface area (Å²) < 4.78 is 58.1.